The van der Waals surface area contributed by atoms with Gasteiger partial charge in [-0.1, -0.05) is 80.6 Å². The standard InChI is InChI=1S/C14H30O3Si.C13H16O3Si.C6H13F3O3Si/c1-5-6-7-8-9-10-11-12-13-14-18(15-2,16-3)17-4;1-14-17(15-2,16-3)13-10-6-8-11-7-4-5-9-12(11)13;1-10-13(11-2,12-3)5-4-6(7,8)9/h5H,1,6-14H2,2-4H3;4-10H,1-3H3;4-5H2,1-3H3. The van der Waals surface area contributed by atoms with Crippen molar-refractivity contribution in [1.29, 1.82) is 0 Å². The van der Waals surface area contributed by atoms with Gasteiger partial charge in [-0.2, -0.15) is 13.2 Å². The van der Waals surface area contributed by atoms with E-state index in [1.807, 2.05) is 30.3 Å². The van der Waals surface area contributed by atoms with Gasteiger partial charge in [-0.15, -0.1) is 6.58 Å². The molecule has 0 aliphatic carbocycles. The van der Waals surface area contributed by atoms with Gasteiger partial charge in [0.1, 0.15) is 0 Å². The van der Waals surface area contributed by atoms with E-state index in [9.17, 15) is 13.2 Å². The Morgan fingerprint density at radius 3 is 1.46 bits per heavy atom. The molecule has 48 heavy (non-hydrogen) atoms. The number of alkyl halides is 3. The van der Waals surface area contributed by atoms with Crippen LogP contribution in [0.2, 0.25) is 12.1 Å². The third-order valence-electron chi connectivity index (χ3n) is 7.90. The first-order valence-electron chi connectivity index (χ1n) is 16.0. The van der Waals surface area contributed by atoms with E-state index in [2.05, 4.69) is 24.8 Å². The van der Waals surface area contributed by atoms with Crippen LogP contribution >= 0.6 is 0 Å². The van der Waals surface area contributed by atoms with Crippen LogP contribution in [0.15, 0.2) is 55.1 Å². The molecule has 278 valence electrons. The van der Waals surface area contributed by atoms with Crippen molar-refractivity contribution in [3.63, 3.8) is 0 Å². The molecular formula is C33H59F3O9Si3. The second-order valence-corrected chi connectivity index (χ2v) is 19.8. The first-order chi connectivity index (χ1) is 22.9. The van der Waals surface area contributed by atoms with Crippen molar-refractivity contribution in [1.82, 2.24) is 0 Å². The van der Waals surface area contributed by atoms with Gasteiger partial charge < -0.3 is 39.8 Å². The summed E-state index contributed by atoms with van der Waals surface area (Å²) in [5, 5.41) is 3.28. The van der Waals surface area contributed by atoms with Crippen molar-refractivity contribution in [3.05, 3.63) is 55.1 Å². The van der Waals surface area contributed by atoms with Crippen molar-refractivity contribution >= 4 is 42.4 Å². The summed E-state index contributed by atoms with van der Waals surface area (Å²) < 4.78 is 82.8. The van der Waals surface area contributed by atoms with E-state index in [1.165, 1.54) is 59.9 Å². The summed E-state index contributed by atoms with van der Waals surface area (Å²) in [6.07, 6.45) is 6.98. The van der Waals surface area contributed by atoms with E-state index in [4.69, 9.17) is 39.8 Å². The second kappa shape index (κ2) is 25.5. The molecule has 0 saturated carbocycles. The van der Waals surface area contributed by atoms with Crippen LogP contribution in [0, 0.1) is 0 Å². The van der Waals surface area contributed by atoms with Crippen LogP contribution in [0.25, 0.3) is 10.8 Å². The van der Waals surface area contributed by atoms with Crippen LogP contribution in [0.1, 0.15) is 57.8 Å². The molecule has 0 aliphatic rings. The second-order valence-electron chi connectivity index (χ2n) is 10.7. The lowest BCUT2D eigenvalue weighted by molar-refractivity contribution is -0.132. The zero-order chi connectivity index (χ0) is 36.5. The number of halogens is 3. The van der Waals surface area contributed by atoms with E-state index >= 15 is 0 Å². The smallest absolute Gasteiger partial charge is 0.377 e. The Morgan fingerprint density at radius 2 is 1.00 bits per heavy atom. The number of benzene rings is 2. The minimum atomic E-state index is -4.20. The topological polar surface area (TPSA) is 83.1 Å². The summed E-state index contributed by atoms with van der Waals surface area (Å²) in [7, 11) is 5.66. The number of hydrogen-bond donors (Lipinski definition) is 0. The summed E-state index contributed by atoms with van der Waals surface area (Å²) in [6.45, 7) is 3.73. The highest BCUT2D eigenvalue weighted by molar-refractivity contribution is 6.77. The van der Waals surface area contributed by atoms with Crippen LogP contribution < -0.4 is 5.19 Å². The van der Waals surface area contributed by atoms with Crippen LogP contribution in [-0.2, 0) is 39.8 Å². The number of unbranched alkanes of at least 4 members (excludes halogenated alkanes) is 7. The predicted molar refractivity (Wildman–Crippen MR) is 191 cm³/mol. The van der Waals surface area contributed by atoms with Crippen LogP contribution in [0.5, 0.6) is 0 Å². The van der Waals surface area contributed by atoms with Crippen molar-refractivity contribution in [2.75, 3.05) is 64.0 Å². The van der Waals surface area contributed by atoms with Gasteiger partial charge >= 0.3 is 32.6 Å². The first-order valence-corrected chi connectivity index (χ1v) is 21.6. The Balaban J connectivity index is 0.000000700. The van der Waals surface area contributed by atoms with Crippen molar-refractivity contribution in [3.8, 4) is 0 Å². The highest BCUT2D eigenvalue weighted by Gasteiger charge is 2.43. The first kappa shape index (κ1) is 46.5. The Kier molecular flexibility index (Phi) is 24.7. The maximum Gasteiger partial charge on any atom is 0.537 e. The lowest BCUT2D eigenvalue weighted by Gasteiger charge is -2.25. The molecule has 0 spiro atoms. The fourth-order valence-corrected chi connectivity index (χ4v) is 10.5. The van der Waals surface area contributed by atoms with Gasteiger partial charge in [0.05, 0.1) is 0 Å². The quantitative estimate of drug-likeness (QED) is 0.0680. The number of allylic oxidation sites excluding steroid dienone is 1. The van der Waals surface area contributed by atoms with E-state index in [-0.39, 0.29) is 6.04 Å². The number of fused-ring (bicyclic) bond motifs is 1. The largest absolute Gasteiger partial charge is 0.537 e. The van der Waals surface area contributed by atoms with Gasteiger partial charge in [0.25, 0.3) is 0 Å². The highest BCUT2D eigenvalue weighted by atomic mass is 28.4. The SMILES string of the molecule is C=CCCCCCCCCC[Si](OC)(OC)OC.CO[Si](CCC(F)(F)F)(OC)OC.CO[Si](OC)(OC)c1cccc2ccccc12. The maximum absolute atomic E-state index is 11.9. The normalized spacial score (nSPS) is 12.2. The van der Waals surface area contributed by atoms with Crippen molar-refractivity contribution in [2.45, 2.75) is 76.1 Å². The summed E-state index contributed by atoms with van der Waals surface area (Å²) in [4.78, 5) is 0. The summed E-state index contributed by atoms with van der Waals surface area (Å²) in [6, 6.07) is 14.9. The third-order valence-corrected chi connectivity index (χ3v) is 16.2. The Morgan fingerprint density at radius 1 is 0.562 bits per heavy atom. The zero-order valence-corrected chi connectivity index (χ0v) is 33.4. The Hall–Kier alpha value is -1.48. The molecule has 0 saturated heterocycles. The van der Waals surface area contributed by atoms with Gasteiger partial charge in [0.15, 0.2) is 0 Å². The van der Waals surface area contributed by atoms with E-state index in [1.54, 1.807) is 42.7 Å². The molecule has 0 heterocycles. The molecule has 0 N–H and O–H groups in total. The molecule has 0 fully saturated rings. The average molecular weight is 741 g/mol. The molecule has 0 atom stereocenters. The van der Waals surface area contributed by atoms with Crippen molar-refractivity contribution < 1.29 is 53.0 Å². The summed E-state index contributed by atoms with van der Waals surface area (Å²) >= 11 is 0. The highest BCUT2D eigenvalue weighted by Crippen LogP contribution is 2.27. The fourth-order valence-electron chi connectivity index (χ4n) is 4.99. The van der Waals surface area contributed by atoms with Gasteiger partial charge in [-0.25, -0.2) is 0 Å². The number of rotatable bonds is 22. The molecule has 0 aromatic heterocycles. The fraction of sp³-hybridized carbons (Fsp3) is 0.636. The monoisotopic (exact) mass is 740 g/mol. The molecule has 9 nitrogen and oxygen atoms in total. The summed E-state index contributed by atoms with van der Waals surface area (Å²) in [5.41, 5.74) is 0. The Bertz CT molecular complexity index is 1070. The minimum Gasteiger partial charge on any atom is -0.377 e. The predicted octanol–water partition coefficient (Wildman–Crippen LogP) is 7.91. The Labute approximate surface area is 290 Å². The minimum absolute atomic E-state index is 0.250. The molecule has 2 aromatic rings. The molecule has 0 bridgehead atoms. The molecule has 2 aromatic carbocycles. The van der Waals surface area contributed by atoms with Gasteiger partial charge in [-0.05, 0) is 30.0 Å². The average Bonchev–Trinajstić information content (AvgIpc) is 3.11. The lowest BCUT2D eigenvalue weighted by atomic mass is 10.1. The molecular weight excluding hydrogens is 682 g/mol. The molecule has 0 aliphatic heterocycles. The van der Waals surface area contributed by atoms with Crippen molar-refractivity contribution in [2.24, 2.45) is 0 Å². The zero-order valence-electron chi connectivity index (χ0n) is 30.4. The maximum atomic E-state index is 11.9. The van der Waals surface area contributed by atoms with Gasteiger partial charge in [0, 0.05) is 87.7 Å². The molecule has 2 rings (SSSR count). The van der Waals surface area contributed by atoms with Gasteiger partial charge in [0.2, 0.25) is 0 Å². The lowest BCUT2D eigenvalue weighted by Crippen LogP contribution is -2.54. The van der Waals surface area contributed by atoms with Gasteiger partial charge in [-0.3, -0.25) is 0 Å². The van der Waals surface area contributed by atoms with Crippen LogP contribution in [0.3, 0.4) is 0 Å². The summed E-state index contributed by atoms with van der Waals surface area (Å²) in [5.74, 6) is 0. The van der Waals surface area contributed by atoms with E-state index in [0.717, 1.165) is 34.8 Å². The third kappa shape index (κ3) is 16.5. The molecule has 15 heteroatoms. The van der Waals surface area contributed by atoms with E-state index < -0.39 is 39.0 Å². The molecule has 0 amide bonds. The van der Waals surface area contributed by atoms with E-state index in [0.29, 0.717) is 0 Å². The molecule has 0 unspecified atom stereocenters. The van der Waals surface area contributed by atoms with Crippen LogP contribution in [-0.4, -0.2) is 96.6 Å². The van der Waals surface area contributed by atoms with Crippen LogP contribution in [0.4, 0.5) is 13.2 Å². The molecule has 0 radical (unpaired) electrons. The number of hydrogen-bond acceptors (Lipinski definition) is 9.